The van der Waals surface area contributed by atoms with Gasteiger partial charge in [-0.2, -0.15) is 0 Å². The van der Waals surface area contributed by atoms with Crippen LogP contribution in [0.25, 0.3) is 0 Å². The minimum atomic E-state index is 0.00283. The quantitative estimate of drug-likeness (QED) is 0.733. The molecule has 2 aromatic rings. The van der Waals surface area contributed by atoms with Crippen molar-refractivity contribution in [3.63, 3.8) is 0 Å². The minimum Gasteiger partial charge on any atom is -0.508 e. The highest BCUT2D eigenvalue weighted by atomic mass is 127. The molecule has 18 heavy (non-hydrogen) atoms. The summed E-state index contributed by atoms with van der Waals surface area (Å²) in [6.07, 6.45) is 0. The Morgan fingerprint density at radius 1 is 1.00 bits per heavy atom. The molecule has 0 aliphatic carbocycles. The van der Waals surface area contributed by atoms with E-state index >= 15 is 0 Å². The Hall–Kier alpha value is -1.43. The van der Waals surface area contributed by atoms with Crippen LogP contribution >= 0.6 is 22.6 Å². The predicted molar refractivity (Wildman–Crippen MR) is 81.0 cm³/mol. The molecule has 2 aromatic carbocycles. The van der Waals surface area contributed by atoms with Gasteiger partial charge in [-0.15, -0.1) is 0 Å². The van der Waals surface area contributed by atoms with Gasteiger partial charge < -0.3 is 15.5 Å². The fourth-order valence-corrected chi connectivity index (χ4v) is 2.11. The van der Waals surface area contributed by atoms with E-state index in [1.54, 1.807) is 12.1 Å². The molecule has 2 rings (SSSR count). The largest absolute Gasteiger partial charge is 0.508 e. The maximum absolute atomic E-state index is 9.46. The summed E-state index contributed by atoms with van der Waals surface area (Å²) in [7, 11) is 0. The van der Waals surface area contributed by atoms with Crippen molar-refractivity contribution in [2.24, 2.45) is 0 Å². The van der Waals surface area contributed by atoms with Gasteiger partial charge in [0.05, 0.1) is 0 Å². The highest BCUT2D eigenvalue weighted by Gasteiger charge is 2.08. The third-order valence-corrected chi connectivity index (χ3v) is 3.37. The summed E-state index contributed by atoms with van der Waals surface area (Å²) in [6.45, 7) is 1.98. The van der Waals surface area contributed by atoms with Crippen LogP contribution in [-0.4, -0.2) is 10.2 Å². The van der Waals surface area contributed by atoms with Crippen molar-refractivity contribution < 1.29 is 10.2 Å². The molecule has 4 heteroatoms. The first kappa shape index (κ1) is 13.0. The highest BCUT2D eigenvalue weighted by molar-refractivity contribution is 14.1. The molecular weight excluding hydrogens is 341 g/mol. The van der Waals surface area contributed by atoms with Gasteiger partial charge in [0, 0.05) is 21.4 Å². The summed E-state index contributed by atoms with van der Waals surface area (Å²) >= 11 is 2.26. The van der Waals surface area contributed by atoms with Crippen LogP contribution in [0.5, 0.6) is 11.5 Å². The first-order valence-electron chi connectivity index (χ1n) is 5.59. The van der Waals surface area contributed by atoms with Crippen molar-refractivity contribution in [1.29, 1.82) is 0 Å². The van der Waals surface area contributed by atoms with E-state index in [-0.39, 0.29) is 17.5 Å². The predicted octanol–water partition coefficient (Wildman–Crippen LogP) is 3.88. The second kappa shape index (κ2) is 5.48. The molecule has 0 bridgehead atoms. The van der Waals surface area contributed by atoms with Crippen molar-refractivity contribution in [2.45, 2.75) is 13.0 Å². The molecule has 0 heterocycles. The number of hydrogen-bond acceptors (Lipinski definition) is 3. The zero-order valence-corrected chi connectivity index (χ0v) is 12.0. The number of anilines is 1. The van der Waals surface area contributed by atoms with Gasteiger partial charge in [0.1, 0.15) is 11.5 Å². The summed E-state index contributed by atoms with van der Waals surface area (Å²) < 4.78 is 1.18. The van der Waals surface area contributed by atoms with Gasteiger partial charge in [-0.3, -0.25) is 0 Å². The van der Waals surface area contributed by atoms with E-state index in [1.165, 1.54) is 9.64 Å². The van der Waals surface area contributed by atoms with Gasteiger partial charge in [-0.05, 0) is 71.5 Å². The molecule has 3 N–H and O–H groups in total. The van der Waals surface area contributed by atoms with Gasteiger partial charge in [0.2, 0.25) is 0 Å². The van der Waals surface area contributed by atoms with E-state index in [1.807, 2.05) is 31.2 Å². The third kappa shape index (κ3) is 3.29. The third-order valence-electron chi connectivity index (χ3n) is 2.65. The van der Waals surface area contributed by atoms with Crippen LogP contribution < -0.4 is 5.32 Å². The average molecular weight is 355 g/mol. The lowest BCUT2D eigenvalue weighted by Gasteiger charge is -2.16. The molecule has 0 aliphatic heterocycles. The Balaban J connectivity index is 2.16. The first-order valence-corrected chi connectivity index (χ1v) is 6.67. The second-order valence-corrected chi connectivity index (χ2v) is 5.40. The van der Waals surface area contributed by atoms with Crippen LogP contribution in [0.3, 0.4) is 0 Å². The normalized spacial score (nSPS) is 12.1. The highest BCUT2D eigenvalue weighted by Crippen LogP contribution is 2.27. The van der Waals surface area contributed by atoms with E-state index in [4.69, 9.17) is 0 Å². The Labute approximate surface area is 120 Å². The molecule has 0 saturated carbocycles. The molecule has 3 nitrogen and oxygen atoms in total. The number of nitrogens with one attached hydrogen (secondary N) is 1. The average Bonchev–Trinajstić information content (AvgIpc) is 2.31. The second-order valence-electron chi connectivity index (χ2n) is 4.16. The molecule has 0 spiro atoms. The molecule has 1 atom stereocenters. The lowest BCUT2D eigenvalue weighted by molar-refractivity contribution is 0.448. The van der Waals surface area contributed by atoms with Crippen LogP contribution in [0, 0.1) is 3.57 Å². The van der Waals surface area contributed by atoms with Gasteiger partial charge in [-0.1, -0.05) is 0 Å². The van der Waals surface area contributed by atoms with Crippen molar-refractivity contribution >= 4 is 28.3 Å². The molecule has 0 fully saturated rings. The summed E-state index contributed by atoms with van der Waals surface area (Å²) in [5, 5.41) is 22.2. The number of phenols is 2. The first-order chi connectivity index (χ1) is 8.54. The van der Waals surface area contributed by atoms with Crippen LogP contribution in [0.15, 0.2) is 42.5 Å². The molecule has 0 saturated heterocycles. The van der Waals surface area contributed by atoms with Crippen LogP contribution in [0.4, 0.5) is 5.69 Å². The molecular formula is C14H14INO2. The summed E-state index contributed by atoms with van der Waals surface area (Å²) in [5.41, 5.74) is 1.84. The SMILES string of the molecule is CC(Nc1ccc(I)cc1)c1cc(O)cc(O)c1. The number of aromatic hydroxyl groups is 2. The maximum atomic E-state index is 9.46. The number of halogens is 1. The minimum absolute atomic E-state index is 0.00283. The van der Waals surface area contributed by atoms with Crippen molar-refractivity contribution in [3.8, 4) is 11.5 Å². The zero-order valence-electron chi connectivity index (χ0n) is 9.89. The van der Waals surface area contributed by atoms with E-state index in [0.29, 0.717) is 0 Å². The number of phenolic OH excluding ortho intramolecular Hbond substituents is 2. The molecule has 0 aliphatic rings. The molecule has 1 unspecified atom stereocenters. The van der Waals surface area contributed by atoms with Gasteiger partial charge in [0.25, 0.3) is 0 Å². The van der Waals surface area contributed by atoms with Crippen LogP contribution in [-0.2, 0) is 0 Å². The Morgan fingerprint density at radius 3 is 2.11 bits per heavy atom. The zero-order chi connectivity index (χ0) is 13.1. The Kier molecular flexibility index (Phi) is 3.96. The van der Waals surface area contributed by atoms with Gasteiger partial charge in [0.15, 0.2) is 0 Å². The topological polar surface area (TPSA) is 52.5 Å². The van der Waals surface area contributed by atoms with Crippen molar-refractivity contribution in [1.82, 2.24) is 0 Å². The van der Waals surface area contributed by atoms with Gasteiger partial charge in [-0.25, -0.2) is 0 Å². The lowest BCUT2D eigenvalue weighted by Crippen LogP contribution is -2.06. The fraction of sp³-hybridized carbons (Fsp3) is 0.143. The van der Waals surface area contributed by atoms with Crippen molar-refractivity contribution in [2.75, 3.05) is 5.32 Å². The van der Waals surface area contributed by atoms with Crippen LogP contribution in [0.1, 0.15) is 18.5 Å². The Bertz CT molecular complexity index is 520. The molecule has 0 aromatic heterocycles. The summed E-state index contributed by atoms with van der Waals surface area (Å²) in [4.78, 5) is 0. The molecule has 0 radical (unpaired) electrons. The van der Waals surface area contributed by atoms with E-state index < -0.39 is 0 Å². The van der Waals surface area contributed by atoms with Gasteiger partial charge >= 0.3 is 0 Å². The summed E-state index contributed by atoms with van der Waals surface area (Å²) in [5.74, 6) is 0.141. The summed E-state index contributed by atoms with van der Waals surface area (Å²) in [6, 6.07) is 12.7. The molecule has 94 valence electrons. The standard InChI is InChI=1S/C14H14INO2/c1-9(10-6-13(17)8-14(18)7-10)16-12-4-2-11(15)3-5-12/h2-9,16-18H,1H3. The fourth-order valence-electron chi connectivity index (χ4n) is 1.75. The van der Waals surface area contributed by atoms with E-state index in [0.717, 1.165) is 11.3 Å². The monoisotopic (exact) mass is 355 g/mol. The lowest BCUT2D eigenvalue weighted by atomic mass is 10.1. The Morgan fingerprint density at radius 2 is 1.56 bits per heavy atom. The smallest absolute Gasteiger partial charge is 0.119 e. The van der Waals surface area contributed by atoms with Crippen LogP contribution in [0.2, 0.25) is 0 Å². The maximum Gasteiger partial charge on any atom is 0.119 e. The number of hydrogen-bond donors (Lipinski definition) is 3. The molecule has 0 amide bonds. The van der Waals surface area contributed by atoms with Crippen molar-refractivity contribution in [3.05, 3.63) is 51.6 Å². The van der Waals surface area contributed by atoms with E-state index in [9.17, 15) is 10.2 Å². The number of benzene rings is 2. The number of rotatable bonds is 3. The van der Waals surface area contributed by atoms with E-state index in [2.05, 4.69) is 27.9 Å².